The summed E-state index contributed by atoms with van der Waals surface area (Å²) in [5.74, 6) is 1.52. The molecule has 0 aliphatic rings. The molecule has 3 nitrogen and oxygen atoms in total. The molecule has 0 spiro atoms. The van der Waals surface area contributed by atoms with E-state index in [1.165, 1.54) is 10.8 Å². The summed E-state index contributed by atoms with van der Waals surface area (Å²) in [4.78, 5) is 13.9. The average Bonchev–Trinajstić information content (AvgIpc) is 3.25. The molecule has 1 atom stereocenters. The summed E-state index contributed by atoms with van der Waals surface area (Å²) in [5.41, 5.74) is 1.80. The Morgan fingerprint density at radius 3 is 2.61 bits per heavy atom. The summed E-state index contributed by atoms with van der Waals surface area (Å²) in [7, 11) is 0. The van der Waals surface area contributed by atoms with Crippen molar-refractivity contribution in [3.63, 3.8) is 0 Å². The molecule has 4 heteroatoms. The third-order valence-corrected chi connectivity index (χ3v) is 5.82. The fourth-order valence-electron chi connectivity index (χ4n) is 3.30. The number of benzene rings is 3. The second-order valence-electron chi connectivity index (χ2n) is 6.63. The smallest absolute Gasteiger partial charge is 0.252 e. The van der Waals surface area contributed by atoms with Gasteiger partial charge in [-0.3, -0.25) is 4.79 Å². The van der Waals surface area contributed by atoms with Crippen molar-refractivity contribution in [2.75, 3.05) is 0 Å². The first-order valence-corrected chi connectivity index (χ1v) is 10.2. The van der Waals surface area contributed by atoms with E-state index < -0.39 is 0 Å². The highest BCUT2D eigenvalue weighted by Crippen LogP contribution is 2.28. The van der Waals surface area contributed by atoms with Gasteiger partial charge in [0, 0.05) is 4.90 Å². The van der Waals surface area contributed by atoms with E-state index in [1.807, 2.05) is 61.5 Å². The van der Waals surface area contributed by atoms with Crippen molar-refractivity contribution in [2.45, 2.75) is 23.6 Å². The van der Waals surface area contributed by atoms with E-state index in [2.05, 4.69) is 29.6 Å². The molecule has 1 aromatic heterocycles. The van der Waals surface area contributed by atoms with Crippen LogP contribution in [0.15, 0.2) is 94.4 Å². The molecule has 0 fully saturated rings. The van der Waals surface area contributed by atoms with Gasteiger partial charge < -0.3 is 9.73 Å². The molecule has 4 rings (SSSR count). The molecule has 0 unspecified atom stereocenters. The van der Waals surface area contributed by atoms with Crippen molar-refractivity contribution in [3.05, 3.63) is 102 Å². The van der Waals surface area contributed by atoms with E-state index >= 15 is 0 Å². The molecule has 0 saturated heterocycles. The number of thioether (sulfide) groups is 1. The topological polar surface area (TPSA) is 42.2 Å². The van der Waals surface area contributed by atoms with Crippen LogP contribution in [-0.2, 0) is 5.75 Å². The van der Waals surface area contributed by atoms with Crippen molar-refractivity contribution in [1.82, 2.24) is 5.32 Å². The molecule has 3 aromatic carbocycles. The van der Waals surface area contributed by atoms with Gasteiger partial charge in [-0.15, -0.1) is 11.8 Å². The van der Waals surface area contributed by atoms with Gasteiger partial charge in [-0.1, -0.05) is 54.6 Å². The average molecular weight is 388 g/mol. The van der Waals surface area contributed by atoms with E-state index in [1.54, 1.807) is 18.0 Å². The van der Waals surface area contributed by atoms with Crippen LogP contribution in [0.1, 0.15) is 34.6 Å². The van der Waals surface area contributed by atoms with Gasteiger partial charge in [-0.05, 0) is 47.5 Å². The summed E-state index contributed by atoms with van der Waals surface area (Å²) in [6.45, 7) is 2.03. The number of amides is 1. The number of rotatable bonds is 6. The zero-order chi connectivity index (χ0) is 19.3. The van der Waals surface area contributed by atoms with Crippen molar-refractivity contribution in [1.29, 1.82) is 0 Å². The quantitative estimate of drug-likeness (QED) is 0.400. The van der Waals surface area contributed by atoms with E-state index in [9.17, 15) is 4.79 Å². The minimum absolute atomic E-state index is 0.0667. The highest BCUT2D eigenvalue weighted by molar-refractivity contribution is 7.98. The van der Waals surface area contributed by atoms with E-state index in [4.69, 9.17) is 4.42 Å². The lowest BCUT2D eigenvalue weighted by molar-refractivity contribution is 0.0937. The summed E-state index contributed by atoms with van der Waals surface area (Å²) >= 11 is 1.60. The molecule has 0 saturated carbocycles. The van der Waals surface area contributed by atoms with Crippen molar-refractivity contribution in [2.24, 2.45) is 0 Å². The maximum atomic E-state index is 13.0. The Hall–Kier alpha value is -2.98. The molecule has 140 valence electrons. The molecule has 0 bridgehead atoms. The van der Waals surface area contributed by atoms with Gasteiger partial charge in [-0.25, -0.2) is 0 Å². The Bertz CT molecular complexity index is 1080. The van der Waals surface area contributed by atoms with Crippen LogP contribution in [0.25, 0.3) is 10.8 Å². The Labute approximate surface area is 168 Å². The molecule has 1 amide bonds. The third kappa shape index (κ3) is 3.97. The number of carbonyl (C=O) groups is 1. The lowest BCUT2D eigenvalue weighted by atomic mass is 9.99. The number of nitrogens with one attached hydrogen (secondary N) is 1. The fourth-order valence-corrected chi connectivity index (χ4v) is 4.26. The first-order valence-electron chi connectivity index (χ1n) is 9.25. The molecule has 0 aliphatic carbocycles. The molecular weight excluding hydrogens is 366 g/mol. The van der Waals surface area contributed by atoms with Gasteiger partial charge in [0.1, 0.15) is 5.76 Å². The van der Waals surface area contributed by atoms with Gasteiger partial charge in [-0.2, -0.15) is 0 Å². The summed E-state index contributed by atoms with van der Waals surface area (Å²) < 4.78 is 5.40. The lowest BCUT2D eigenvalue weighted by Crippen LogP contribution is -2.27. The minimum Gasteiger partial charge on any atom is -0.468 e. The maximum absolute atomic E-state index is 13.0. The molecule has 4 aromatic rings. The van der Waals surface area contributed by atoms with Crippen LogP contribution in [0.2, 0.25) is 0 Å². The van der Waals surface area contributed by atoms with E-state index in [-0.39, 0.29) is 11.9 Å². The number of carbonyl (C=O) groups excluding carboxylic acids is 1. The molecule has 28 heavy (non-hydrogen) atoms. The molecular formula is C24H21NO2S. The standard InChI is InChI=1S/C24H21NO2S/c1-17(20-13-6-9-18-8-2-3-11-21(18)20)25-24(26)22-12-4-5-14-23(22)28-16-19-10-7-15-27-19/h2-15,17H,16H2,1H3,(H,25,26)/t17-/m0/s1. The highest BCUT2D eigenvalue weighted by Gasteiger charge is 2.16. The van der Waals surface area contributed by atoms with Crippen molar-refractivity contribution >= 4 is 28.4 Å². The third-order valence-electron chi connectivity index (χ3n) is 4.72. The van der Waals surface area contributed by atoms with Crippen LogP contribution in [0, 0.1) is 0 Å². The van der Waals surface area contributed by atoms with Gasteiger partial charge in [0.05, 0.1) is 23.6 Å². The highest BCUT2D eigenvalue weighted by atomic mass is 32.2. The fraction of sp³-hybridized carbons (Fsp3) is 0.125. The van der Waals surface area contributed by atoms with Gasteiger partial charge in [0.15, 0.2) is 0 Å². The Balaban J connectivity index is 1.53. The normalized spacial score (nSPS) is 12.0. The van der Waals surface area contributed by atoms with Crippen LogP contribution >= 0.6 is 11.8 Å². The van der Waals surface area contributed by atoms with Crippen LogP contribution < -0.4 is 5.32 Å². The van der Waals surface area contributed by atoms with Crippen molar-refractivity contribution < 1.29 is 9.21 Å². The monoisotopic (exact) mass is 387 g/mol. The van der Waals surface area contributed by atoms with Crippen LogP contribution in [-0.4, -0.2) is 5.91 Å². The Morgan fingerprint density at radius 2 is 1.75 bits per heavy atom. The number of hydrogen-bond donors (Lipinski definition) is 1. The molecule has 0 aliphatic heterocycles. The predicted octanol–water partition coefficient (Wildman–Crippen LogP) is 6.22. The van der Waals surface area contributed by atoms with Crippen molar-refractivity contribution in [3.8, 4) is 0 Å². The first-order chi connectivity index (χ1) is 13.7. The second kappa shape index (κ2) is 8.36. The molecule has 1 heterocycles. The number of hydrogen-bond acceptors (Lipinski definition) is 3. The molecule has 1 N–H and O–H groups in total. The van der Waals surface area contributed by atoms with Crippen LogP contribution in [0.3, 0.4) is 0 Å². The van der Waals surface area contributed by atoms with Gasteiger partial charge in [0.2, 0.25) is 0 Å². The van der Waals surface area contributed by atoms with Gasteiger partial charge in [0.25, 0.3) is 5.91 Å². The minimum atomic E-state index is -0.0956. The first kappa shape index (κ1) is 18.4. The Morgan fingerprint density at radius 1 is 0.964 bits per heavy atom. The summed E-state index contributed by atoms with van der Waals surface area (Å²) in [6.07, 6.45) is 1.67. The zero-order valence-electron chi connectivity index (χ0n) is 15.6. The van der Waals surface area contributed by atoms with Crippen LogP contribution in [0.4, 0.5) is 0 Å². The van der Waals surface area contributed by atoms with E-state index in [0.29, 0.717) is 11.3 Å². The largest absolute Gasteiger partial charge is 0.468 e. The molecule has 0 radical (unpaired) electrons. The summed E-state index contributed by atoms with van der Waals surface area (Å²) in [6, 6.07) is 25.9. The number of furan rings is 1. The number of fused-ring (bicyclic) bond motifs is 1. The summed E-state index contributed by atoms with van der Waals surface area (Å²) in [5, 5.41) is 5.50. The zero-order valence-corrected chi connectivity index (χ0v) is 16.4. The van der Waals surface area contributed by atoms with Crippen LogP contribution in [0.5, 0.6) is 0 Å². The second-order valence-corrected chi connectivity index (χ2v) is 7.64. The predicted molar refractivity (Wildman–Crippen MR) is 115 cm³/mol. The maximum Gasteiger partial charge on any atom is 0.252 e. The lowest BCUT2D eigenvalue weighted by Gasteiger charge is -2.18. The van der Waals surface area contributed by atoms with E-state index in [0.717, 1.165) is 16.2 Å². The Kier molecular flexibility index (Phi) is 5.49. The SMILES string of the molecule is C[C@H](NC(=O)c1ccccc1SCc1ccco1)c1cccc2ccccc12. The van der Waals surface area contributed by atoms with Gasteiger partial charge >= 0.3 is 0 Å².